The van der Waals surface area contributed by atoms with Crippen molar-refractivity contribution in [3.63, 3.8) is 0 Å². The van der Waals surface area contributed by atoms with Crippen molar-refractivity contribution in [1.29, 1.82) is 0 Å². The van der Waals surface area contributed by atoms with Crippen LogP contribution in [-0.2, 0) is 25.3 Å². The molecule has 0 bridgehead atoms. The summed E-state index contributed by atoms with van der Waals surface area (Å²) >= 11 is 0. The van der Waals surface area contributed by atoms with Crippen LogP contribution >= 0.6 is 0 Å². The number of carbonyl (C=O) groups is 3. The number of rotatable bonds is 9. The average molecular weight is 439 g/mol. The normalized spacial score (nSPS) is 13.1. The lowest BCUT2D eigenvalue weighted by Gasteiger charge is -2.18. The largest absolute Gasteiger partial charge is 0.483 e. The van der Waals surface area contributed by atoms with Crippen LogP contribution in [0.3, 0.4) is 0 Å². The molecule has 0 N–H and O–H groups in total. The van der Waals surface area contributed by atoms with E-state index in [2.05, 4.69) is 4.98 Å². The van der Waals surface area contributed by atoms with Crippen molar-refractivity contribution in [2.75, 3.05) is 6.61 Å². The number of carbonyl (C=O) groups excluding carboxylic acids is 3. The molecule has 7 nitrogen and oxygen atoms in total. The highest BCUT2D eigenvalue weighted by molar-refractivity contribution is 6.17. The standard InChI is InChI=1S/C21H20F3NO6/c1-4-29-20(28)18(12(2)26)19(27)13(3)30-15-6-8-16(9-7-15)31-17-10-5-14(11-25-17)21(22,23)24/h5-11,13,18H,4H2,1-3H3/t13?,18-/m1/s1. The van der Waals surface area contributed by atoms with Gasteiger partial charge in [0.25, 0.3) is 0 Å². The number of benzene rings is 1. The number of hydrogen-bond donors (Lipinski definition) is 0. The number of esters is 1. The number of alkyl halides is 3. The molecular formula is C21H20F3NO6. The Morgan fingerprint density at radius 1 is 1.03 bits per heavy atom. The molecule has 0 aliphatic heterocycles. The second-order valence-corrected chi connectivity index (χ2v) is 6.41. The number of halogens is 3. The van der Waals surface area contributed by atoms with E-state index in [9.17, 15) is 27.6 Å². The fourth-order valence-electron chi connectivity index (χ4n) is 2.52. The molecule has 0 spiro atoms. The van der Waals surface area contributed by atoms with Gasteiger partial charge in [-0.1, -0.05) is 0 Å². The molecule has 166 valence electrons. The van der Waals surface area contributed by atoms with Crippen LogP contribution in [0.15, 0.2) is 42.6 Å². The highest BCUT2D eigenvalue weighted by Crippen LogP contribution is 2.30. The minimum Gasteiger partial charge on any atom is -0.483 e. The molecule has 0 radical (unpaired) electrons. The molecule has 1 heterocycles. The average Bonchev–Trinajstić information content (AvgIpc) is 2.69. The first-order valence-corrected chi connectivity index (χ1v) is 9.21. The second kappa shape index (κ2) is 10.1. The summed E-state index contributed by atoms with van der Waals surface area (Å²) in [6.45, 7) is 4.10. The predicted octanol–water partition coefficient (Wildman–Crippen LogP) is 4.00. The van der Waals surface area contributed by atoms with Gasteiger partial charge in [-0.15, -0.1) is 0 Å². The number of Topliss-reactive ketones (excluding diaryl/α,β-unsaturated/α-hetero) is 2. The van der Waals surface area contributed by atoms with Crippen LogP contribution in [0.25, 0.3) is 0 Å². The lowest BCUT2D eigenvalue weighted by atomic mass is 9.96. The van der Waals surface area contributed by atoms with E-state index in [4.69, 9.17) is 14.2 Å². The third kappa shape index (κ3) is 6.53. The first-order chi connectivity index (χ1) is 14.5. The van der Waals surface area contributed by atoms with Gasteiger partial charge >= 0.3 is 12.1 Å². The maximum Gasteiger partial charge on any atom is 0.417 e. The minimum absolute atomic E-state index is 0.0282. The Kier molecular flexibility index (Phi) is 7.73. The van der Waals surface area contributed by atoms with Gasteiger partial charge in [-0.3, -0.25) is 14.4 Å². The lowest BCUT2D eigenvalue weighted by molar-refractivity contribution is -0.156. The maximum absolute atomic E-state index is 12.6. The minimum atomic E-state index is -4.49. The Labute approximate surface area is 176 Å². The van der Waals surface area contributed by atoms with E-state index < -0.39 is 41.3 Å². The van der Waals surface area contributed by atoms with Crippen LogP contribution in [0.1, 0.15) is 26.3 Å². The third-order valence-corrected chi connectivity index (χ3v) is 4.04. The fraction of sp³-hybridized carbons (Fsp3) is 0.333. The Balaban J connectivity index is 2.02. The molecule has 1 unspecified atom stereocenters. The summed E-state index contributed by atoms with van der Waals surface area (Å²) in [5, 5.41) is 0. The molecule has 0 amide bonds. The van der Waals surface area contributed by atoms with Crippen LogP contribution in [0.2, 0.25) is 0 Å². The molecule has 10 heteroatoms. The van der Waals surface area contributed by atoms with E-state index in [1.807, 2.05) is 0 Å². The molecule has 2 aromatic rings. The van der Waals surface area contributed by atoms with E-state index in [1.54, 1.807) is 6.92 Å². The number of hydrogen-bond acceptors (Lipinski definition) is 7. The summed E-state index contributed by atoms with van der Waals surface area (Å²) in [5.41, 5.74) is -0.895. The Morgan fingerprint density at radius 2 is 1.65 bits per heavy atom. The molecule has 0 saturated carbocycles. The Morgan fingerprint density at radius 3 is 2.13 bits per heavy atom. The van der Waals surface area contributed by atoms with Gasteiger partial charge < -0.3 is 14.2 Å². The highest BCUT2D eigenvalue weighted by atomic mass is 19.4. The van der Waals surface area contributed by atoms with E-state index in [1.165, 1.54) is 31.2 Å². The summed E-state index contributed by atoms with van der Waals surface area (Å²) in [5.74, 6) is -3.39. The SMILES string of the molecule is CCOC(=O)[C@H](C(C)=O)C(=O)C(C)Oc1ccc(Oc2ccc(C(F)(F)F)cn2)cc1. The number of aromatic nitrogens is 1. The number of ether oxygens (including phenoxy) is 3. The summed E-state index contributed by atoms with van der Waals surface area (Å²) in [6.07, 6.45) is -4.94. The quantitative estimate of drug-likeness (QED) is 0.431. The molecule has 1 aromatic heterocycles. The van der Waals surface area contributed by atoms with Crippen LogP contribution in [0.5, 0.6) is 17.4 Å². The van der Waals surface area contributed by atoms with Crippen LogP contribution in [-0.4, -0.2) is 35.2 Å². The first-order valence-electron chi connectivity index (χ1n) is 9.21. The molecule has 1 aromatic carbocycles. The maximum atomic E-state index is 12.6. The van der Waals surface area contributed by atoms with Crippen LogP contribution in [0.4, 0.5) is 13.2 Å². The number of nitrogens with zero attached hydrogens (tertiary/aromatic N) is 1. The summed E-state index contributed by atoms with van der Waals surface area (Å²) in [4.78, 5) is 39.6. The van der Waals surface area contributed by atoms with Gasteiger partial charge in [-0.25, -0.2) is 4.98 Å². The van der Waals surface area contributed by atoms with Gasteiger partial charge in [0.15, 0.2) is 23.6 Å². The topological polar surface area (TPSA) is 91.8 Å². The van der Waals surface area contributed by atoms with E-state index in [0.717, 1.165) is 19.1 Å². The van der Waals surface area contributed by atoms with Gasteiger partial charge in [0.1, 0.15) is 11.5 Å². The van der Waals surface area contributed by atoms with Gasteiger partial charge in [0.2, 0.25) is 5.88 Å². The lowest BCUT2D eigenvalue weighted by Crippen LogP contribution is -2.39. The highest BCUT2D eigenvalue weighted by Gasteiger charge is 2.36. The zero-order chi connectivity index (χ0) is 23.2. The monoisotopic (exact) mass is 439 g/mol. The van der Waals surface area contributed by atoms with Crippen molar-refractivity contribution in [2.24, 2.45) is 5.92 Å². The fourth-order valence-corrected chi connectivity index (χ4v) is 2.52. The van der Waals surface area contributed by atoms with E-state index in [0.29, 0.717) is 6.20 Å². The van der Waals surface area contributed by atoms with Gasteiger partial charge in [-0.2, -0.15) is 13.2 Å². The Bertz CT molecular complexity index is 926. The van der Waals surface area contributed by atoms with Crippen molar-refractivity contribution in [2.45, 2.75) is 33.1 Å². The van der Waals surface area contributed by atoms with Crippen molar-refractivity contribution in [1.82, 2.24) is 4.98 Å². The van der Waals surface area contributed by atoms with Crippen LogP contribution in [0, 0.1) is 5.92 Å². The van der Waals surface area contributed by atoms with Crippen molar-refractivity contribution in [3.8, 4) is 17.4 Å². The molecule has 31 heavy (non-hydrogen) atoms. The van der Waals surface area contributed by atoms with Gasteiger partial charge in [-0.05, 0) is 51.1 Å². The van der Waals surface area contributed by atoms with Crippen molar-refractivity contribution in [3.05, 3.63) is 48.2 Å². The molecule has 0 aliphatic rings. The van der Waals surface area contributed by atoms with Crippen molar-refractivity contribution >= 4 is 17.5 Å². The zero-order valence-corrected chi connectivity index (χ0v) is 16.9. The number of pyridine rings is 1. The van der Waals surface area contributed by atoms with Crippen LogP contribution < -0.4 is 9.47 Å². The van der Waals surface area contributed by atoms with E-state index >= 15 is 0 Å². The third-order valence-electron chi connectivity index (χ3n) is 4.04. The summed E-state index contributed by atoms with van der Waals surface area (Å²) < 4.78 is 53.3. The zero-order valence-electron chi connectivity index (χ0n) is 16.9. The van der Waals surface area contributed by atoms with Gasteiger partial charge in [0, 0.05) is 12.3 Å². The number of ketones is 2. The second-order valence-electron chi connectivity index (χ2n) is 6.41. The molecule has 0 fully saturated rings. The van der Waals surface area contributed by atoms with Crippen molar-refractivity contribution < 1.29 is 41.8 Å². The molecule has 0 saturated heterocycles. The molecule has 0 aliphatic carbocycles. The van der Waals surface area contributed by atoms with Gasteiger partial charge in [0.05, 0.1) is 12.2 Å². The Hall–Kier alpha value is -3.43. The first kappa shape index (κ1) is 23.8. The predicted molar refractivity (Wildman–Crippen MR) is 102 cm³/mol. The molecular weight excluding hydrogens is 419 g/mol. The summed E-state index contributed by atoms with van der Waals surface area (Å²) in [7, 11) is 0. The smallest absolute Gasteiger partial charge is 0.417 e. The molecule has 2 rings (SSSR count). The molecule has 2 atom stereocenters. The summed E-state index contributed by atoms with van der Waals surface area (Å²) in [6, 6.07) is 7.76. The van der Waals surface area contributed by atoms with E-state index in [-0.39, 0.29) is 24.0 Å².